The molecule has 1 N–H and O–H groups in total. The van der Waals surface area contributed by atoms with Crippen molar-refractivity contribution in [1.82, 2.24) is 9.97 Å². The van der Waals surface area contributed by atoms with Gasteiger partial charge in [-0.05, 0) is 52.7 Å². The van der Waals surface area contributed by atoms with Crippen molar-refractivity contribution in [2.45, 2.75) is 6.92 Å². The van der Waals surface area contributed by atoms with Crippen LogP contribution in [0.2, 0.25) is 0 Å². The first kappa shape index (κ1) is 12.3. The smallest absolute Gasteiger partial charge is 0.139 e. The number of rotatable bonds is 1. The van der Waals surface area contributed by atoms with E-state index in [-0.39, 0.29) is 11.6 Å². The maximum atomic E-state index is 13.4. The third-order valence-electron chi connectivity index (χ3n) is 2.84. The predicted octanol–water partition coefficient (Wildman–Crippen LogP) is 4.58. The third kappa shape index (κ3) is 2.26. The first-order valence-electron chi connectivity index (χ1n) is 5.65. The highest BCUT2D eigenvalue weighted by Crippen LogP contribution is 2.26. The zero-order valence-electron chi connectivity index (χ0n) is 9.97. The van der Waals surface area contributed by atoms with E-state index >= 15 is 0 Å². The van der Waals surface area contributed by atoms with Crippen LogP contribution in [0.1, 0.15) is 5.56 Å². The van der Waals surface area contributed by atoms with Crippen LogP contribution >= 0.6 is 15.9 Å². The third-order valence-corrected chi connectivity index (χ3v) is 3.45. The van der Waals surface area contributed by atoms with Crippen LogP contribution in [0.5, 0.6) is 0 Å². The molecule has 0 aliphatic carbocycles. The average Bonchev–Trinajstić information content (AvgIpc) is 2.71. The lowest BCUT2D eigenvalue weighted by molar-refractivity contribution is 0.623. The second kappa shape index (κ2) is 4.42. The topological polar surface area (TPSA) is 28.7 Å². The first-order valence-corrected chi connectivity index (χ1v) is 6.44. The SMILES string of the molecule is Cc1cc(F)cc(-c2nc3cc(Br)c(F)cc3[nH]2)c1. The van der Waals surface area contributed by atoms with Gasteiger partial charge in [-0.25, -0.2) is 13.8 Å². The van der Waals surface area contributed by atoms with E-state index in [1.807, 2.05) is 13.0 Å². The number of imidazole rings is 1. The standard InChI is InChI=1S/C14H9BrF2N2/c1-7-2-8(4-9(16)3-7)14-18-12-5-10(15)11(17)6-13(12)19-14/h2-6H,1H3,(H,18,19). The van der Waals surface area contributed by atoms with Gasteiger partial charge in [0.25, 0.3) is 0 Å². The Labute approximate surface area is 116 Å². The van der Waals surface area contributed by atoms with Gasteiger partial charge in [0.1, 0.15) is 17.5 Å². The van der Waals surface area contributed by atoms with Gasteiger partial charge in [0, 0.05) is 11.6 Å². The molecule has 0 unspecified atom stereocenters. The summed E-state index contributed by atoms with van der Waals surface area (Å²) in [5, 5.41) is 0. The molecule has 1 heterocycles. The molecule has 0 radical (unpaired) electrons. The number of nitrogens with zero attached hydrogens (tertiary/aromatic N) is 1. The number of fused-ring (bicyclic) bond motifs is 1. The van der Waals surface area contributed by atoms with Gasteiger partial charge < -0.3 is 4.98 Å². The normalized spacial score (nSPS) is 11.2. The molecule has 0 spiro atoms. The zero-order chi connectivity index (χ0) is 13.6. The van der Waals surface area contributed by atoms with E-state index < -0.39 is 0 Å². The number of H-pyrrole nitrogens is 1. The van der Waals surface area contributed by atoms with E-state index in [4.69, 9.17) is 0 Å². The summed E-state index contributed by atoms with van der Waals surface area (Å²) in [5.74, 6) is -0.156. The molecule has 0 aliphatic heterocycles. The number of aromatic amines is 1. The van der Waals surface area contributed by atoms with Gasteiger partial charge in [0.2, 0.25) is 0 Å². The van der Waals surface area contributed by atoms with Gasteiger partial charge in [0.15, 0.2) is 0 Å². The molecular formula is C14H9BrF2N2. The summed E-state index contributed by atoms with van der Waals surface area (Å²) in [6, 6.07) is 7.63. The Bertz CT molecular complexity index is 721. The van der Waals surface area contributed by atoms with Crippen molar-refractivity contribution in [3.63, 3.8) is 0 Å². The van der Waals surface area contributed by atoms with Crippen LogP contribution in [-0.4, -0.2) is 9.97 Å². The number of nitrogens with one attached hydrogen (secondary N) is 1. The summed E-state index contributed by atoms with van der Waals surface area (Å²) in [4.78, 5) is 7.34. The summed E-state index contributed by atoms with van der Waals surface area (Å²) >= 11 is 3.12. The van der Waals surface area contributed by atoms with Gasteiger partial charge in [-0.15, -0.1) is 0 Å². The summed E-state index contributed by atoms with van der Waals surface area (Å²) in [6.07, 6.45) is 0. The van der Waals surface area contributed by atoms with Crippen LogP contribution in [0.15, 0.2) is 34.8 Å². The van der Waals surface area contributed by atoms with E-state index in [1.165, 1.54) is 18.2 Å². The Morgan fingerprint density at radius 2 is 1.89 bits per heavy atom. The minimum absolute atomic E-state index is 0.317. The van der Waals surface area contributed by atoms with Crippen molar-refractivity contribution in [2.24, 2.45) is 0 Å². The van der Waals surface area contributed by atoms with Gasteiger partial charge in [-0.3, -0.25) is 0 Å². The molecule has 0 fully saturated rings. The van der Waals surface area contributed by atoms with E-state index in [9.17, 15) is 8.78 Å². The van der Waals surface area contributed by atoms with E-state index in [0.29, 0.717) is 26.9 Å². The van der Waals surface area contributed by atoms with E-state index in [2.05, 4.69) is 25.9 Å². The molecular weight excluding hydrogens is 314 g/mol. The lowest BCUT2D eigenvalue weighted by Crippen LogP contribution is -1.84. The van der Waals surface area contributed by atoms with Crippen LogP contribution in [0.4, 0.5) is 8.78 Å². The molecule has 1 aromatic heterocycles. The quantitative estimate of drug-likeness (QED) is 0.698. The summed E-state index contributed by atoms with van der Waals surface area (Å²) in [6.45, 7) is 1.81. The first-order chi connectivity index (χ1) is 9.02. The molecule has 0 saturated heterocycles. The molecule has 3 aromatic rings. The molecule has 0 atom stereocenters. The molecule has 2 nitrogen and oxygen atoms in total. The molecule has 96 valence electrons. The van der Waals surface area contributed by atoms with Gasteiger partial charge in [-0.2, -0.15) is 0 Å². The van der Waals surface area contributed by atoms with Crippen molar-refractivity contribution < 1.29 is 8.78 Å². The molecule has 3 rings (SSSR count). The highest BCUT2D eigenvalue weighted by Gasteiger charge is 2.09. The zero-order valence-corrected chi connectivity index (χ0v) is 11.6. The molecule has 2 aromatic carbocycles. The number of halogens is 3. The van der Waals surface area contributed by atoms with Crippen molar-refractivity contribution in [3.05, 3.63) is 52.0 Å². The van der Waals surface area contributed by atoms with Crippen molar-refractivity contribution in [2.75, 3.05) is 0 Å². The highest BCUT2D eigenvalue weighted by molar-refractivity contribution is 9.10. The number of hydrogen-bond donors (Lipinski definition) is 1. The molecule has 5 heteroatoms. The van der Waals surface area contributed by atoms with Crippen LogP contribution in [0.25, 0.3) is 22.4 Å². The van der Waals surface area contributed by atoms with Crippen molar-refractivity contribution in [1.29, 1.82) is 0 Å². The van der Waals surface area contributed by atoms with Crippen molar-refractivity contribution in [3.8, 4) is 11.4 Å². The fourth-order valence-electron chi connectivity index (χ4n) is 2.01. The van der Waals surface area contributed by atoms with Gasteiger partial charge >= 0.3 is 0 Å². The molecule has 19 heavy (non-hydrogen) atoms. The van der Waals surface area contributed by atoms with Gasteiger partial charge in [-0.1, -0.05) is 0 Å². The Morgan fingerprint density at radius 3 is 2.63 bits per heavy atom. The lowest BCUT2D eigenvalue weighted by Gasteiger charge is -1.99. The fourth-order valence-corrected chi connectivity index (χ4v) is 2.35. The Morgan fingerprint density at radius 1 is 1.11 bits per heavy atom. The molecule has 0 bridgehead atoms. The Hall–Kier alpha value is -1.75. The summed E-state index contributed by atoms with van der Waals surface area (Å²) in [5.41, 5.74) is 2.66. The summed E-state index contributed by atoms with van der Waals surface area (Å²) < 4.78 is 27.2. The lowest BCUT2D eigenvalue weighted by atomic mass is 10.1. The Balaban J connectivity index is 2.20. The second-order valence-electron chi connectivity index (χ2n) is 4.39. The van der Waals surface area contributed by atoms with E-state index in [0.717, 1.165) is 5.56 Å². The monoisotopic (exact) mass is 322 g/mol. The number of aryl methyl sites for hydroxylation is 1. The van der Waals surface area contributed by atoms with Gasteiger partial charge in [0.05, 0.1) is 15.5 Å². The van der Waals surface area contributed by atoms with Crippen LogP contribution in [0, 0.1) is 18.6 Å². The van der Waals surface area contributed by atoms with E-state index in [1.54, 1.807) is 6.07 Å². The maximum absolute atomic E-state index is 13.4. The molecule has 0 saturated carbocycles. The minimum atomic E-state index is -0.363. The summed E-state index contributed by atoms with van der Waals surface area (Å²) in [7, 11) is 0. The van der Waals surface area contributed by atoms with Crippen molar-refractivity contribution >= 4 is 27.0 Å². The number of hydrogen-bond acceptors (Lipinski definition) is 1. The Kier molecular flexibility index (Phi) is 2.86. The minimum Gasteiger partial charge on any atom is -0.338 e. The maximum Gasteiger partial charge on any atom is 0.139 e. The van der Waals surface area contributed by atoms with Crippen LogP contribution < -0.4 is 0 Å². The van der Waals surface area contributed by atoms with Crippen LogP contribution in [-0.2, 0) is 0 Å². The molecule has 0 aliphatic rings. The molecule has 0 amide bonds. The average molecular weight is 323 g/mol. The fraction of sp³-hybridized carbons (Fsp3) is 0.0714. The largest absolute Gasteiger partial charge is 0.338 e. The second-order valence-corrected chi connectivity index (χ2v) is 5.24. The van der Waals surface area contributed by atoms with Crippen LogP contribution in [0.3, 0.4) is 0 Å². The highest BCUT2D eigenvalue weighted by atomic mass is 79.9. The number of benzene rings is 2. The number of aromatic nitrogens is 2. The predicted molar refractivity (Wildman–Crippen MR) is 73.9 cm³/mol.